The van der Waals surface area contributed by atoms with Gasteiger partial charge in [-0.3, -0.25) is 0 Å². The molecule has 0 amide bonds. The minimum Gasteiger partial charge on any atom is -0.310 e. The second kappa shape index (κ2) is 5.08. The van der Waals surface area contributed by atoms with Crippen LogP contribution < -0.4 is 5.32 Å². The largest absolute Gasteiger partial charge is 0.310 e. The molecule has 0 radical (unpaired) electrons. The van der Waals surface area contributed by atoms with Gasteiger partial charge >= 0.3 is 0 Å². The van der Waals surface area contributed by atoms with Gasteiger partial charge in [-0.1, -0.05) is 24.6 Å². The first-order valence-electron chi connectivity index (χ1n) is 8.70. The van der Waals surface area contributed by atoms with Crippen molar-refractivity contribution in [2.75, 3.05) is 6.54 Å². The summed E-state index contributed by atoms with van der Waals surface area (Å²) in [7, 11) is 0. The van der Waals surface area contributed by atoms with Crippen molar-refractivity contribution in [1.82, 2.24) is 5.32 Å². The predicted octanol–water partition coefficient (Wildman–Crippen LogP) is 4.47. The number of rotatable bonds is 5. The van der Waals surface area contributed by atoms with Gasteiger partial charge in [-0.15, -0.1) is 0 Å². The van der Waals surface area contributed by atoms with E-state index in [2.05, 4.69) is 25.2 Å². The third-order valence-electron chi connectivity index (χ3n) is 6.28. The zero-order chi connectivity index (χ0) is 14.6. The Morgan fingerprint density at radius 1 is 1.24 bits per heavy atom. The maximum atomic E-state index is 14.4. The summed E-state index contributed by atoms with van der Waals surface area (Å²) in [5, 5.41) is 3.67. The molecule has 1 aromatic carbocycles. The molecule has 0 aliphatic heterocycles. The van der Waals surface area contributed by atoms with Crippen LogP contribution in [0.15, 0.2) is 18.2 Å². The van der Waals surface area contributed by atoms with Crippen molar-refractivity contribution >= 4 is 0 Å². The van der Waals surface area contributed by atoms with E-state index in [9.17, 15) is 4.39 Å². The van der Waals surface area contributed by atoms with Gasteiger partial charge in [0.05, 0.1) is 0 Å². The van der Waals surface area contributed by atoms with Crippen LogP contribution in [0.3, 0.4) is 0 Å². The molecule has 1 nitrogen and oxygen atoms in total. The number of fused-ring (bicyclic) bond motifs is 5. The lowest BCUT2D eigenvalue weighted by Gasteiger charge is -2.23. The first-order chi connectivity index (χ1) is 10.2. The van der Waals surface area contributed by atoms with Crippen LogP contribution in [0.25, 0.3) is 0 Å². The normalized spacial score (nSPS) is 37.6. The number of hydrogen-bond acceptors (Lipinski definition) is 1. The van der Waals surface area contributed by atoms with E-state index in [1.807, 2.05) is 6.07 Å². The number of hydrogen-bond donors (Lipinski definition) is 1. The van der Waals surface area contributed by atoms with Crippen molar-refractivity contribution in [1.29, 1.82) is 0 Å². The standard InChI is InChI=1S/C19H26FN/c1-3-8-21-19(14-9-11(2)4-7-15(14)20)18-16-12-5-6-13(10-12)17(16)18/h4,7,9,12-13,16-19,21H,3,5-6,8,10H2,1-2H3. The van der Waals surface area contributed by atoms with Gasteiger partial charge in [0.1, 0.15) is 5.82 Å². The monoisotopic (exact) mass is 287 g/mol. The van der Waals surface area contributed by atoms with Crippen molar-refractivity contribution in [3.8, 4) is 0 Å². The summed E-state index contributed by atoms with van der Waals surface area (Å²) in [5.74, 6) is 4.34. The minimum absolute atomic E-state index is 0.0217. The summed E-state index contributed by atoms with van der Waals surface area (Å²) in [5.41, 5.74) is 2.09. The fourth-order valence-electron chi connectivity index (χ4n) is 5.49. The molecule has 1 N–H and O–H groups in total. The van der Waals surface area contributed by atoms with E-state index in [4.69, 9.17) is 0 Å². The molecule has 1 aromatic rings. The van der Waals surface area contributed by atoms with Gasteiger partial charge in [0.2, 0.25) is 0 Å². The molecule has 2 heteroatoms. The highest BCUT2D eigenvalue weighted by Crippen LogP contribution is 2.72. The fourth-order valence-corrected chi connectivity index (χ4v) is 5.49. The lowest BCUT2D eigenvalue weighted by Crippen LogP contribution is -2.27. The lowest BCUT2D eigenvalue weighted by molar-refractivity contribution is 0.362. The third-order valence-corrected chi connectivity index (χ3v) is 6.28. The van der Waals surface area contributed by atoms with Crippen LogP contribution in [-0.2, 0) is 0 Å². The van der Waals surface area contributed by atoms with Gasteiger partial charge in [-0.2, -0.15) is 0 Å². The van der Waals surface area contributed by atoms with Gasteiger partial charge in [-0.25, -0.2) is 4.39 Å². The summed E-state index contributed by atoms with van der Waals surface area (Å²) in [6.45, 7) is 5.24. The van der Waals surface area contributed by atoms with E-state index in [1.165, 1.54) is 24.8 Å². The van der Waals surface area contributed by atoms with Gasteiger partial charge in [0.25, 0.3) is 0 Å². The molecule has 3 aliphatic carbocycles. The Kier molecular flexibility index (Phi) is 3.33. The fraction of sp³-hybridized carbons (Fsp3) is 0.684. The Balaban J connectivity index is 1.62. The maximum Gasteiger partial charge on any atom is 0.128 e. The molecule has 21 heavy (non-hydrogen) atoms. The molecular weight excluding hydrogens is 261 g/mol. The van der Waals surface area contributed by atoms with E-state index in [0.717, 1.165) is 42.2 Å². The van der Waals surface area contributed by atoms with Crippen molar-refractivity contribution in [3.05, 3.63) is 35.1 Å². The summed E-state index contributed by atoms with van der Waals surface area (Å²) < 4.78 is 14.4. The molecule has 114 valence electrons. The predicted molar refractivity (Wildman–Crippen MR) is 83.5 cm³/mol. The van der Waals surface area contributed by atoms with Crippen molar-refractivity contribution < 1.29 is 4.39 Å². The second-order valence-electron chi connectivity index (χ2n) is 7.52. The van der Waals surface area contributed by atoms with Crippen molar-refractivity contribution in [2.45, 2.75) is 45.6 Å². The molecule has 5 unspecified atom stereocenters. The zero-order valence-corrected chi connectivity index (χ0v) is 13.1. The van der Waals surface area contributed by atoms with E-state index in [0.29, 0.717) is 5.92 Å². The quantitative estimate of drug-likeness (QED) is 0.842. The number of nitrogens with one attached hydrogen (secondary N) is 1. The second-order valence-corrected chi connectivity index (χ2v) is 7.52. The Morgan fingerprint density at radius 2 is 1.95 bits per heavy atom. The minimum atomic E-state index is -0.0217. The summed E-state index contributed by atoms with van der Waals surface area (Å²) in [6, 6.07) is 5.84. The highest BCUT2D eigenvalue weighted by molar-refractivity contribution is 5.31. The van der Waals surface area contributed by atoms with Crippen LogP contribution >= 0.6 is 0 Å². The number of halogens is 1. The molecule has 3 aliphatic rings. The van der Waals surface area contributed by atoms with Gasteiger partial charge in [0, 0.05) is 11.6 Å². The zero-order valence-electron chi connectivity index (χ0n) is 13.1. The highest BCUT2D eigenvalue weighted by atomic mass is 19.1. The summed E-state index contributed by atoms with van der Waals surface area (Å²) in [6.07, 6.45) is 5.43. The molecule has 0 aromatic heterocycles. The Morgan fingerprint density at radius 3 is 2.62 bits per heavy atom. The van der Waals surface area contributed by atoms with Crippen LogP contribution in [0, 0.1) is 42.3 Å². The number of aryl methyl sites for hydroxylation is 1. The molecule has 0 spiro atoms. The molecule has 2 bridgehead atoms. The van der Waals surface area contributed by atoms with Crippen LogP contribution in [0.5, 0.6) is 0 Å². The molecule has 4 rings (SSSR count). The highest BCUT2D eigenvalue weighted by Gasteiger charge is 2.66. The maximum absolute atomic E-state index is 14.4. The number of benzene rings is 1. The topological polar surface area (TPSA) is 12.0 Å². The smallest absolute Gasteiger partial charge is 0.128 e. The first-order valence-corrected chi connectivity index (χ1v) is 8.70. The molecule has 3 fully saturated rings. The van der Waals surface area contributed by atoms with Gasteiger partial charge in [-0.05, 0) is 74.8 Å². The molecule has 0 saturated heterocycles. The molecule has 3 saturated carbocycles. The molecule has 0 heterocycles. The average molecular weight is 287 g/mol. The first kappa shape index (κ1) is 13.8. The van der Waals surface area contributed by atoms with Crippen LogP contribution in [0.2, 0.25) is 0 Å². The van der Waals surface area contributed by atoms with Crippen molar-refractivity contribution in [2.24, 2.45) is 29.6 Å². The van der Waals surface area contributed by atoms with Crippen LogP contribution in [-0.4, -0.2) is 6.54 Å². The lowest BCUT2D eigenvalue weighted by atomic mass is 9.92. The van der Waals surface area contributed by atoms with Gasteiger partial charge < -0.3 is 5.32 Å². The van der Waals surface area contributed by atoms with E-state index in [-0.39, 0.29) is 11.9 Å². The Bertz CT molecular complexity index is 524. The molecular formula is C19H26FN. The van der Waals surface area contributed by atoms with Crippen LogP contribution in [0.1, 0.15) is 49.8 Å². The van der Waals surface area contributed by atoms with Crippen molar-refractivity contribution in [3.63, 3.8) is 0 Å². The van der Waals surface area contributed by atoms with E-state index >= 15 is 0 Å². The van der Waals surface area contributed by atoms with E-state index in [1.54, 1.807) is 6.07 Å². The van der Waals surface area contributed by atoms with E-state index < -0.39 is 0 Å². The Hall–Kier alpha value is -0.890. The van der Waals surface area contributed by atoms with Gasteiger partial charge in [0.15, 0.2) is 0 Å². The van der Waals surface area contributed by atoms with Crippen LogP contribution in [0.4, 0.5) is 4.39 Å². The SMILES string of the molecule is CCCNC(c1cc(C)ccc1F)C1C2C3CCC(C3)C21. The Labute approximate surface area is 127 Å². The molecule has 5 atom stereocenters. The average Bonchev–Trinajstić information content (AvgIpc) is 2.89. The summed E-state index contributed by atoms with van der Waals surface area (Å²) in [4.78, 5) is 0. The summed E-state index contributed by atoms with van der Waals surface area (Å²) >= 11 is 0. The third kappa shape index (κ3) is 2.14.